The molecule has 1 aliphatic rings. The highest BCUT2D eigenvalue weighted by Gasteiger charge is 2.36. The van der Waals surface area contributed by atoms with Crippen molar-refractivity contribution in [1.29, 1.82) is 0 Å². The molecule has 1 heterocycles. The van der Waals surface area contributed by atoms with E-state index in [1.807, 2.05) is 0 Å². The molecule has 0 spiro atoms. The number of nitrogens with zero attached hydrogens (tertiary/aromatic N) is 1. The third-order valence-corrected chi connectivity index (χ3v) is 3.46. The number of aliphatic hydroxyl groups excluding tert-OH is 1. The molecule has 0 aliphatic carbocycles. The fourth-order valence-corrected chi connectivity index (χ4v) is 2.43. The molecule has 112 valence electrons. The molecule has 0 radical (unpaired) electrons. The SMILES string of the molecule is OC[C@@H](c1cccc(C(F)(F)F)c1F)N1CCNCC1. The van der Waals surface area contributed by atoms with Crippen molar-refractivity contribution in [2.24, 2.45) is 0 Å². The molecule has 2 N–H and O–H groups in total. The maximum Gasteiger partial charge on any atom is 0.419 e. The molecule has 1 aliphatic heterocycles. The van der Waals surface area contributed by atoms with Crippen molar-refractivity contribution in [3.05, 3.63) is 35.1 Å². The summed E-state index contributed by atoms with van der Waals surface area (Å²) in [6.07, 6.45) is -4.73. The van der Waals surface area contributed by atoms with Crippen LogP contribution < -0.4 is 5.32 Å². The van der Waals surface area contributed by atoms with Crippen LogP contribution in [0.5, 0.6) is 0 Å². The van der Waals surface area contributed by atoms with Crippen molar-refractivity contribution >= 4 is 0 Å². The van der Waals surface area contributed by atoms with Gasteiger partial charge in [-0.05, 0) is 6.07 Å². The summed E-state index contributed by atoms with van der Waals surface area (Å²) in [6.45, 7) is 2.02. The molecular formula is C13H16F4N2O. The fraction of sp³-hybridized carbons (Fsp3) is 0.538. The summed E-state index contributed by atoms with van der Waals surface area (Å²) in [5.41, 5.74) is -1.40. The highest BCUT2D eigenvalue weighted by molar-refractivity contribution is 5.30. The van der Waals surface area contributed by atoms with E-state index in [1.165, 1.54) is 12.1 Å². The van der Waals surface area contributed by atoms with Gasteiger partial charge in [-0.1, -0.05) is 12.1 Å². The van der Waals surface area contributed by atoms with Gasteiger partial charge in [-0.25, -0.2) is 4.39 Å². The van der Waals surface area contributed by atoms with Crippen molar-refractivity contribution < 1.29 is 22.7 Å². The average Bonchev–Trinajstić information content (AvgIpc) is 2.41. The Morgan fingerprint density at radius 2 is 1.90 bits per heavy atom. The molecule has 0 unspecified atom stereocenters. The van der Waals surface area contributed by atoms with E-state index >= 15 is 0 Å². The summed E-state index contributed by atoms with van der Waals surface area (Å²) in [7, 11) is 0. The van der Waals surface area contributed by atoms with Gasteiger partial charge < -0.3 is 10.4 Å². The lowest BCUT2D eigenvalue weighted by atomic mass is 10.0. The highest BCUT2D eigenvalue weighted by Crippen LogP contribution is 2.35. The van der Waals surface area contributed by atoms with Gasteiger partial charge in [0.25, 0.3) is 0 Å². The molecule has 1 fully saturated rings. The molecule has 7 heteroatoms. The molecule has 0 bridgehead atoms. The van der Waals surface area contributed by atoms with Crippen LogP contribution in [0.1, 0.15) is 17.2 Å². The molecule has 0 saturated carbocycles. The third-order valence-electron chi connectivity index (χ3n) is 3.46. The van der Waals surface area contributed by atoms with Crippen molar-refractivity contribution in [1.82, 2.24) is 10.2 Å². The molecular weight excluding hydrogens is 276 g/mol. The number of aliphatic hydroxyl groups is 1. The van der Waals surface area contributed by atoms with Crippen molar-refractivity contribution in [2.75, 3.05) is 32.8 Å². The first-order chi connectivity index (χ1) is 9.45. The monoisotopic (exact) mass is 292 g/mol. The molecule has 1 aromatic carbocycles. The van der Waals surface area contributed by atoms with Gasteiger partial charge in [-0.15, -0.1) is 0 Å². The molecule has 3 nitrogen and oxygen atoms in total. The van der Waals surface area contributed by atoms with E-state index in [1.54, 1.807) is 4.90 Å². The Kier molecular flexibility index (Phi) is 4.62. The maximum absolute atomic E-state index is 14.1. The van der Waals surface area contributed by atoms with Crippen molar-refractivity contribution in [3.8, 4) is 0 Å². The lowest BCUT2D eigenvalue weighted by molar-refractivity contribution is -0.140. The van der Waals surface area contributed by atoms with Crippen LogP contribution in [0.2, 0.25) is 0 Å². The van der Waals surface area contributed by atoms with Crippen LogP contribution in [0.25, 0.3) is 0 Å². The second-order valence-corrected chi connectivity index (χ2v) is 4.69. The largest absolute Gasteiger partial charge is 0.419 e. The average molecular weight is 292 g/mol. The highest BCUT2D eigenvalue weighted by atomic mass is 19.4. The maximum atomic E-state index is 14.1. The number of alkyl halides is 3. The predicted molar refractivity (Wildman–Crippen MR) is 65.7 cm³/mol. The van der Waals surface area contributed by atoms with Gasteiger partial charge in [0.2, 0.25) is 0 Å². The number of halogens is 4. The molecule has 20 heavy (non-hydrogen) atoms. The van der Waals surface area contributed by atoms with Crippen molar-refractivity contribution in [2.45, 2.75) is 12.2 Å². The van der Waals surface area contributed by atoms with Crippen LogP contribution in [0.3, 0.4) is 0 Å². The Hall–Kier alpha value is -1.18. The first-order valence-corrected chi connectivity index (χ1v) is 6.36. The normalized spacial score (nSPS) is 19.1. The summed E-state index contributed by atoms with van der Waals surface area (Å²) in [4.78, 5) is 1.79. The summed E-state index contributed by atoms with van der Waals surface area (Å²) in [5.74, 6) is -1.29. The van der Waals surface area contributed by atoms with Gasteiger partial charge in [-0.3, -0.25) is 4.90 Å². The van der Waals surface area contributed by atoms with Gasteiger partial charge in [0.15, 0.2) is 0 Å². The molecule has 2 rings (SSSR count). The molecule has 0 amide bonds. The Labute approximate surface area is 114 Å². The van der Waals surface area contributed by atoms with E-state index < -0.39 is 30.2 Å². The standard InChI is InChI=1S/C13H16F4N2O/c14-12-9(2-1-3-10(12)13(15,16)17)11(8-20)19-6-4-18-5-7-19/h1-3,11,18,20H,4-8H2/t11-/m0/s1. The van der Waals surface area contributed by atoms with Gasteiger partial charge in [0.1, 0.15) is 5.82 Å². The predicted octanol–water partition coefficient (Wildman–Crippen LogP) is 1.78. The van der Waals surface area contributed by atoms with Crippen LogP contribution in [0, 0.1) is 5.82 Å². The topological polar surface area (TPSA) is 35.5 Å². The van der Waals surface area contributed by atoms with Gasteiger partial charge >= 0.3 is 6.18 Å². The zero-order valence-corrected chi connectivity index (χ0v) is 10.8. The zero-order valence-electron chi connectivity index (χ0n) is 10.8. The van der Waals surface area contributed by atoms with E-state index in [2.05, 4.69) is 5.32 Å². The Bertz CT molecular complexity index is 458. The van der Waals surface area contributed by atoms with E-state index in [9.17, 15) is 22.7 Å². The molecule has 0 aromatic heterocycles. The van der Waals surface area contributed by atoms with Crippen LogP contribution in [-0.2, 0) is 6.18 Å². The lowest BCUT2D eigenvalue weighted by Crippen LogP contribution is -2.46. The number of hydrogen-bond donors (Lipinski definition) is 2. The minimum absolute atomic E-state index is 0.107. The Morgan fingerprint density at radius 1 is 1.25 bits per heavy atom. The first-order valence-electron chi connectivity index (χ1n) is 6.36. The second-order valence-electron chi connectivity index (χ2n) is 4.69. The number of rotatable bonds is 3. The van der Waals surface area contributed by atoms with Crippen LogP contribution in [0.4, 0.5) is 17.6 Å². The number of hydrogen-bond acceptors (Lipinski definition) is 3. The van der Waals surface area contributed by atoms with Crippen molar-refractivity contribution in [3.63, 3.8) is 0 Å². The van der Waals surface area contributed by atoms with Crippen LogP contribution in [0.15, 0.2) is 18.2 Å². The molecule has 1 aromatic rings. The van der Waals surface area contributed by atoms with Gasteiger partial charge in [0, 0.05) is 31.7 Å². The number of nitrogens with one attached hydrogen (secondary N) is 1. The van der Waals surface area contributed by atoms with Crippen LogP contribution >= 0.6 is 0 Å². The van der Waals surface area contributed by atoms with Gasteiger partial charge in [-0.2, -0.15) is 13.2 Å². The van der Waals surface area contributed by atoms with E-state index in [4.69, 9.17) is 0 Å². The fourth-order valence-electron chi connectivity index (χ4n) is 2.43. The Morgan fingerprint density at radius 3 is 2.45 bits per heavy atom. The summed E-state index contributed by atoms with van der Waals surface area (Å²) >= 11 is 0. The molecule has 1 saturated heterocycles. The first kappa shape index (κ1) is 15.2. The summed E-state index contributed by atoms with van der Waals surface area (Å²) < 4.78 is 52.2. The number of benzene rings is 1. The smallest absolute Gasteiger partial charge is 0.394 e. The lowest BCUT2D eigenvalue weighted by Gasteiger charge is -2.34. The van der Waals surface area contributed by atoms with Crippen LogP contribution in [-0.4, -0.2) is 42.8 Å². The van der Waals surface area contributed by atoms with E-state index in [-0.39, 0.29) is 5.56 Å². The van der Waals surface area contributed by atoms with Gasteiger partial charge in [0.05, 0.1) is 18.2 Å². The summed E-state index contributed by atoms with van der Waals surface area (Å²) in [6, 6.07) is 2.43. The number of piperazine rings is 1. The third kappa shape index (κ3) is 3.11. The van der Waals surface area contributed by atoms with E-state index in [0.717, 1.165) is 0 Å². The quantitative estimate of drug-likeness (QED) is 0.834. The second kappa shape index (κ2) is 6.07. The minimum atomic E-state index is -4.73. The minimum Gasteiger partial charge on any atom is -0.394 e. The zero-order chi connectivity index (χ0) is 14.8. The Balaban J connectivity index is 2.34. The molecule has 1 atom stereocenters. The van der Waals surface area contributed by atoms with E-state index in [0.29, 0.717) is 32.2 Å². The summed E-state index contributed by atoms with van der Waals surface area (Å²) in [5, 5.41) is 12.5.